The van der Waals surface area contributed by atoms with E-state index in [2.05, 4.69) is 0 Å². The zero-order chi connectivity index (χ0) is 4.50. The number of rotatable bonds is 0. The van der Waals surface area contributed by atoms with Crippen LogP contribution in [0.15, 0.2) is 0 Å². The zero-order valence-corrected chi connectivity index (χ0v) is 7.64. The average molecular weight is 197 g/mol. The molecule has 0 radical (unpaired) electrons. The molecule has 8 heteroatoms. The normalized spacial score (nSPS) is 7.38. The van der Waals surface area contributed by atoms with E-state index in [-0.39, 0.29) is 57.7 Å². The van der Waals surface area contributed by atoms with Gasteiger partial charge in [0.25, 0.3) is 0 Å². The fourth-order valence-electron chi connectivity index (χ4n) is 0. The van der Waals surface area contributed by atoms with Crippen molar-refractivity contribution in [2.75, 3.05) is 0 Å². The third-order valence-corrected chi connectivity index (χ3v) is 0. The molecule has 0 aromatic carbocycles. The minimum atomic E-state index is -4.64. The number of halogens is 2. The smallest absolute Gasteiger partial charge is 1.00 e. The summed E-state index contributed by atoms with van der Waals surface area (Å²) in [5.74, 6) is 0. The van der Waals surface area contributed by atoms with E-state index in [1.807, 2.05) is 0 Å². The van der Waals surface area contributed by atoms with Crippen LogP contribution >= 0.6 is 20.2 Å². The van der Waals surface area contributed by atoms with Crippen LogP contribution in [0.4, 0.5) is 4.70 Å². The Morgan fingerprint density at radius 3 is 1.25 bits per heavy atom. The van der Waals surface area contributed by atoms with Crippen molar-refractivity contribution in [1.29, 1.82) is 0 Å². The van der Waals surface area contributed by atoms with Gasteiger partial charge in [-0.05, 0) is 0 Å². The molecule has 0 unspecified atom stereocenters. The van der Waals surface area contributed by atoms with E-state index >= 15 is 0 Å². The van der Waals surface area contributed by atoms with Gasteiger partial charge in [-0.3, -0.25) is 4.70 Å². The van der Waals surface area contributed by atoms with Crippen LogP contribution in [0.5, 0.6) is 0 Å². The average Bonchev–Trinajstić information content (AvgIpc) is 0.722. The topological polar surface area (TPSA) is 77.8 Å². The summed E-state index contributed by atoms with van der Waals surface area (Å²) in [6, 6.07) is 0. The largest absolute Gasteiger partial charge is 2.00 e. The standard InChI is InChI=1S/Ca.ClH.FH.H3O4P.2H/c;;;1-5(2,3)4;;/h;2*1H;(H3,1,2,3,4);;/q+2;;;;2*-1. The Bertz CT molecular complexity index is 69.4. The first kappa shape index (κ1) is 22.6. The molecule has 0 aliphatic heterocycles. The van der Waals surface area contributed by atoms with Crippen LogP contribution in [-0.2, 0) is 4.57 Å². The molecule has 0 heterocycles. The van der Waals surface area contributed by atoms with Gasteiger partial charge in [-0.15, -0.1) is 12.4 Å². The van der Waals surface area contributed by atoms with Gasteiger partial charge in [-0.1, -0.05) is 0 Å². The molecular weight excluding hydrogens is 189 g/mol. The molecule has 52 valence electrons. The Kier molecular flexibility index (Phi) is 24.3. The van der Waals surface area contributed by atoms with E-state index in [4.69, 9.17) is 19.2 Å². The molecule has 0 atom stereocenters. The molecule has 0 aliphatic rings. The van der Waals surface area contributed by atoms with Crippen LogP contribution < -0.4 is 0 Å². The molecule has 0 spiro atoms. The van der Waals surface area contributed by atoms with E-state index in [1.165, 1.54) is 0 Å². The first-order valence-corrected chi connectivity index (χ1v) is 2.35. The fourth-order valence-corrected chi connectivity index (χ4v) is 0. The van der Waals surface area contributed by atoms with Crippen LogP contribution in [-0.4, -0.2) is 52.4 Å². The summed E-state index contributed by atoms with van der Waals surface area (Å²) in [5.41, 5.74) is 0. The molecule has 4 nitrogen and oxygen atoms in total. The number of hydrogen-bond donors (Lipinski definition) is 3. The summed E-state index contributed by atoms with van der Waals surface area (Å²) >= 11 is 0. The molecule has 8 heavy (non-hydrogen) atoms. The van der Waals surface area contributed by atoms with Gasteiger partial charge in [-0.2, -0.15) is 0 Å². The van der Waals surface area contributed by atoms with Gasteiger partial charge in [0.1, 0.15) is 0 Å². The molecule has 0 aromatic heterocycles. The summed E-state index contributed by atoms with van der Waals surface area (Å²) in [5, 5.41) is 0. The molecule has 0 bridgehead atoms. The third-order valence-electron chi connectivity index (χ3n) is 0. The molecule has 0 fully saturated rings. The SMILES string of the molecule is Cl.F.O=P(O)(O)O.[Ca+2].[H-].[H-]. The molecule has 3 N–H and O–H groups in total. The second-order valence-corrected chi connectivity index (χ2v) is 1.54. The summed E-state index contributed by atoms with van der Waals surface area (Å²) < 4.78 is 8.88. The quantitative estimate of drug-likeness (QED) is 0.360. The first-order chi connectivity index (χ1) is 2.00. The van der Waals surface area contributed by atoms with Crippen LogP contribution in [0, 0.1) is 0 Å². The van der Waals surface area contributed by atoms with E-state index in [9.17, 15) is 0 Å². The maximum Gasteiger partial charge on any atom is 2.00 e. The Morgan fingerprint density at radius 1 is 1.25 bits per heavy atom. The first-order valence-electron chi connectivity index (χ1n) is 0.783. The zero-order valence-electron chi connectivity index (χ0n) is 5.72. The van der Waals surface area contributed by atoms with Gasteiger partial charge < -0.3 is 17.5 Å². The van der Waals surface area contributed by atoms with Gasteiger partial charge in [-0.25, -0.2) is 4.57 Å². The van der Waals surface area contributed by atoms with E-state index in [0.29, 0.717) is 0 Å². The van der Waals surface area contributed by atoms with Crippen LogP contribution in [0.2, 0.25) is 0 Å². The molecule has 0 aliphatic carbocycles. The Hall–Kier alpha value is 1.59. The van der Waals surface area contributed by atoms with Crippen molar-refractivity contribution >= 4 is 58.0 Å². The fraction of sp³-hybridized carbons (Fsp3) is 0. The van der Waals surface area contributed by atoms with Crippen molar-refractivity contribution in [2.45, 2.75) is 0 Å². The minimum Gasteiger partial charge on any atom is -1.00 e. The van der Waals surface area contributed by atoms with Gasteiger partial charge in [0.05, 0.1) is 0 Å². The number of phosphoric acid groups is 1. The third kappa shape index (κ3) is 130. The van der Waals surface area contributed by atoms with Crippen molar-refractivity contribution in [3.05, 3.63) is 0 Å². The molecule has 0 amide bonds. The van der Waals surface area contributed by atoms with Crippen LogP contribution in [0.3, 0.4) is 0 Å². The summed E-state index contributed by atoms with van der Waals surface area (Å²) in [4.78, 5) is 21.6. The van der Waals surface area contributed by atoms with Crippen molar-refractivity contribution in [3.8, 4) is 0 Å². The Morgan fingerprint density at radius 2 is 1.25 bits per heavy atom. The van der Waals surface area contributed by atoms with Gasteiger partial charge >= 0.3 is 45.6 Å². The summed E-state index contributed by atoms with van der Waals surface area (Å²) in [6.07, 6.45) is 0. The van der Waals surface area contributed by atoms with E-state index in [0.717, 1.165) is 0 Å². The Balaban J connectivity index is -0.00000000800. The molecule has 0 saturated heterocycles. The number of hydrogen-bond acceptors (Lipinski definition) is 1. The monoisotopic (exact) mass is 196 g/mol. The molecular formula is H7CaClFO4P. The van der Waals surface area contributed by atoms with Gasteiger partial charge in [0.2, 0.25) is 0 Å². The molecule has 0 saturated carbocycles. The van der Waals surface area contributed by atoms with Gasteiger partial charge in [0.15, 0.2) is 0 Å². The van der Waals surface area contributed by atoms with Crippen molar-refractivity contribution in [2.24, 2.45) is 0 Å². The van der Waals surface area contributed by atoms with Crippen molar-refractivity contribution in [1.82, 2.24) is 0 Å². The van der Waals surface area contributed by atoms with Crippen LogP contribution in [0.25, 0.3) is 0 Å². The predicted octanol–water partition coefficient (Wildman–Crippen LogP) is -0.510. The summed E-state index contributed by atoms with van der Waals surface area (Å²) in [7, 11) is -4.64. The summed E-state index contributed by atoms with van der Waals surface area (Å²) in [6.45, 7) is 0. The molecule has 0 rings (SSSR count). The van der Waals surface area contributed by atoms with Crippen molar-refractivity contribution < 1.29 is 26.8 Å². The maximum absolute atomic E-state index is 8.88. The molecule has 0 aromatic rings. The second-order valence-electron chi connectivity index (χ2n) is 0.513. The second kappa shape index (κ2) is 8.59. The van der Waals surface area contributed by atoms with E-state index < -0.39 is 7.82 Å². The van der Waals surface area contributed by atoms with E-state index in [1.54, 1.807) is 0 Å². The minimum absolute atomic E-state index is 0. The van der Waals surface area contributed by atoms with Crippen LogP contribution in [0.1, 0.15) is 2.85 Å². The Labute approximate surface area is 84.3 Å². The van der Waals surface area contributed by atoms with Gasteiger partial charge in [0, 0.05) is 0 Å². The van der Waals surface area contributed by atoms with Crippen molar-refractivity contribution in [3.63, 3.8) is 0 Å². The maximum atomic E-state index is 8.88. The predicted molar refractivity (Wildman–Crippen MR) is 32.0 cm³/mol.